The smallest absolute Gasteiger partial charge is 0.321 e. The predicted octanol–water partition coefficient (Wildman–Crippen LogP) is -0.417. The normalized spacial score (nSPS) is 11.9. The molecule has 1 unspecified atom stereocenters. The molecular formula is C10H21N3O3. The average molecular weight is 231 g/mol. The molecule has 0 bridgehead atoms. The first-order valence-corrected chi connectivity index (χ1v) is 5.48. The molecule has 0 radical (unpaired) electrons. The molecule has 1 atom stereocenters. The second-order valence-corrected chi connectivity index (χ2v) is 3.53. The first-order valence-electron chi connectivity index (χ1n) is 5.48. The molecule has 0 fully saturated rings. The highest BCUT2D eigenvalue weighted by molar-refractivity contribution is 5.96. The summed E-state index contributed by atoms with van der Waals surface area (Å²) >= 11 is 0. The molecule has 0 aliphatic rings. The lowest BCUT2D eigenvalue weighted by Gasteiger charge is -2.12. The van der Waals surface area contributed by atoms with E-state index in [-0.39, 0.29) is 12.5 Å². The van der Waals surface area contributed by atoms with Gasteiger partial charge < -0.3 is 15.7 Å². The fourth-order valence-electron chi connectivity index (χ4n) is 1.11. The van der Waals surface area contributed by atoms with Crippen LogP contribution in [0.15, 0.2) is 0 Å². The van der Waals surface area contributed by atoms with E-state index in [1.165, 1.54) is 7.05 Å². The summed E-state index contributed by atoms with van der Waals surface area (Å²) in [6.45, 7) is 2.60. The van der Waals surface area contributed by atoms with Crippen LogP contribution < -0.4 is 16.0 Å². The van der Waals surface area contributed by atoms with E-state index in [1.54, 1.807) is 6.92 Å². The van der Waals surface area contributed by atoms with Crippen molar-refractivity contribution < 1.29 is 14.7 Å². The Morgan fingerprint density at radius 2 is 1.94 bits per heavy atom. The third kappa shape index (κ3) is 7.19. The van der Waals surface area contributed by atoms with Crippen molar-refractivity contribution in [3.05, 3.63) is 0 Å². The Morgan fingerprint density at radius 3 is 2.50 bits per heavy atom. The van der Waals surface area contributed by atoms with E-state index < -0.39 is 12.1 Å². The zero-order valence-corrected chi connectivity index (χ0v) is 9.88. The summed E-state index contributed by atoms with van der Waals surface area (Å²) in [7, 11) is 1.45. The predicted molar refractivity (Wildman–Crippen MR) is 61.0 cm³/mol. The van der Waals surface area contributed by atoms with Crippen LogP contribution in [0.2, 0.25) is 0 Å². The molecule has 0 aliphatic carbocycles. The van der Waals surface area contributed by atoms with E-state index in [0.717, 1.165) is 19.3 Å². The first kappa shape index (κ1) is 14.9. The molecule has 0 aromatic carbocycles. The molecule has 0 aliphatic heterocycles. The second kappa shape index (κ2) is 9.11. The number of rotatable bonds is 7. The highest BCUT2D eigenvalue weighted by Gasteiger charge is 2.13. The van der Waals surface area contributed by atoms with Gasteiger partial charge in [-0.25, -0.2) is 4.79 Å². The van der Waals surface area contributed by atoms with Crippen LogP contribution >= 0.6 is 0 Å². The summed E-state index contributed by atoms with van der Waals surface area (Å²) in [6.07, 6.45) is 2.60. The minimum Gasteiger partial charge on any atom is -0.396 e. The molecule has 0 rings (SSSR count). The summed E-state index contributed by atoms with van der Waals surface area (Å²) < 4.78 is 0. The number of aliphatic hydroxyl groups excluding tert-OH is 1. The zero-order chi connectivity index (χ0) is 12.4. The molecule has 0 heterocycles. The molecule has 4 N–H and O–H groups in total. The number of imide groups is 1. The number of hydrogen-bond donors (Lipinski definition) is 4. The molecular weight excluding hydrogens is 210 g/mol. The lowest BCUT2D eigenvalue weighted by molar-refractivity contribution is -0.121. The van der Waals surface area contributed by atoms with Gasteiger partial charge in [-0.1, -0.05) is 0 Å². The van der Waals surface area contributed by atoms with E-state index >= 15 is 0 Å². The molecule has 0 spiro atoms. The van der Waals surface area contributed by atoms with Crippen molar-refractivity contribution in [2.45, 2.75) is 32.2 Å². The minimum absolute atomic E-state index is 0.201. The Balaban J connectivity index is 3.59. The summed E-state index contributed by atoms with van der Waals surface area (Å²) in [6, 6.07) is -0.898. The third-order valence-electron chi connectivity index (χ3n) is 2.14. The van der Waals surface area contributed by atoms with Gasteiger partial charge in [0.15, 0.2) is 0 Å². The molecule has 6 nitrogen and oxygen atoms in total. The number of carbonyl (C=O) groups is 2. The van der Waals surface area contributed by atoms with Crippen molar-refractivity contribution in [3.8, 4) is 0 Å². The van der Waals surface area contributed by atoms with Crippen molar-refractivity contribution in [2.24, 2.45) is 0 Å². The Hall–Kier alpha value is -1.14. The zero-order valence-electron chi connectivity index (χ0n) is 9.88. The Kier molecular flexibility index (Phi) is 8.46. The van der Waals surface area contributed by atoms with Crippen molar-refractivity contribution in [1.82, 2.24) is 16.0 Å². The fraction of sp³-hybridized carbons (Fsp3) is 0.800. The third-order valence-corrected chi connectivity index (χ3v) is 2.14. The maximum absolute atomic E-state index is 11.4. The van der Waals surface area contributed by atoms with E-state index in [2.05, 4.69) is 16.0 Å². The van der Waals surface area contributed by atoms with Gasteiger partial charge in [0.2, 0.25) is 5.91 Å². The quantitative estimate of drug-likeness (QED) is 0.448. The van der Waals surface area contributed by atoms with Gasteiger partial charge >= 0.3 is 6.03 Å². The second-order valence-electron chi connectivity index (χ2n) is 3.53. The number of amides is 3. The van der Waals surface area contributed by atoms with Crippen LogP contribution in [0.4, 0.5) is 4.79 Å². The average Bonchev–Trinajstić information content (AvgIpc) is 2.28. The highest BCUT2D eigenvalue weighted by Crippen LogP contribution is 1.93. The van der Waals surface area contributed by atoms with Gasteiger partial charge in [0.05, 0.1) is 6.04 Å². The van der Waals surface area contributed by atoms with Crippen molar-refractivity contribution in [3.63, 3.8) is 0 Å². The Morgan fingerprint density at radius 1 is 1.25 bits per heavy atom. The van der Waals surface area contributed by atoms with Crippen LogP contribution in [0, 0.1) is 0 Å². The molecule has 0 aromatic rings. The van der Waals surface area contributed by atoms with Gasteiger partial charge in [-0.05, 0) is 32.7 Å². The number of urea groups is 1. The van der Waals surface area contributed by atoms with Gasteiger partial charge in [-0.2, -0.15) is 0 Å². The summed E-state index contributed by atoms with van der Waals surface area (Å²) in [5.41, 5.74) is 0. The van der Waals surface area contributed by atoms with Crippen LogP contribution in [0.1, 0.15) is 26.2 Å². The Bertz CT molecular complexity index is 221. The number of aliphatic hydroxyl groups is 1. The van der Waals surface area contributed by atoms with E-state index in [9.17, 15) is 9.59 Å². The van der Waals surface area contributed by atoms with E-state index in [0.29, 0.717) is 6.54 Å². The number of nitrogens with one attached hydrogen (secondary N) is 3. The monoisotopic (exact) mass is 231 g/mol. The van der Waals surface area contributed by atoms with Gasteiger partial charge in [0.1, 0.15) is 0 Å². The molecule has 0 aromatic heterocycles. The number of unbranched alkanes of at least 4 members (excludes halogenated alkanes) is 2. The SMILES string of the molecule is CNC(=O)NC(=O)C(C)NCCCCCO. The minimum atomic E-state index is -0.501. The molecule has 0 saturated carbocycles. The number of carbonyl (C=O) groups excluding carboxylic acids is 2. The van der Waals surface area contributed by atoms with Crippen molar-refractivity contribution >= 4 is 11.9 Å². The van der Waals surface area contributed by atoms with Gasteiger partial charge in [0, 0.05) is 13.7 Å². The molecule has 6 heteroatoms. The van der Waals surface area contributed by atoms with Crippen LogP contribution in [-0.2, 0) is 4.79 Å². The fourth-order valence-corrected chi connectivity index (χ4v) is 1.11. The highest BCUT2D eigenvalue weighted by atomic mass is 16.3. The molecule has 94 valence electrons. The topological polar surface area (TPSA) is 90.5 Å². The van der Waals surface area contributed by atoms with Crippen LogP contribution in [0.3, 0.4) is 0 Å². The maximum Gasteiger partial charge on any atom is 0.321 e. The summed E-state index contributed by atoms with van der Waals surface area (Å²) in [5, 5.41) is 16.1. The summed E-state index contributed by atoms with van der Waals surface area (Å²) in [4.78, 5) is 22.2. The van der Waals surface area contributed by atoms with Crippen molar-refractivity contribution in [1.29, 1.82) is 0 Å². The Labute approximate surface area is 95.8 Å². The van der Waals surface area contributed by atoms with Gasteiger partial charge in [0.25, 0.3) is 0 Å². The van der Waals surface area contributed by atoms with Crippen LogP contribution in [-0.4, -0.2) is 43.3 Å². The first-order chi connectivity index (χ1) is 7.61. The van der Waals surface area contributed by atoms with Crippen LogP contribution in [0.25, 0.3) is 0 Å². The standard InChI is InChI=1S/C10H21N3O3/c1-8(9(15)13-10(16)11-2)12-6-4-3-5-7-14/h8,12,14H,3-7H2,1-2H3,(H2,11,13,15,16). The van der Waals surface area contributed by atoms with E-state index in [1.807, 2.05) is 0 Å². The number of hydrogen-bond acceptors (Lipinski definition) is 4. The lowest BCUT2D eigenvalue weighted by atomic mass is 10.2. The van der Waals surface area contributed by atoms with Crippen LogP contribution in [0.5, 0.6) is 0 Å². The van der Waals surface area contributed by atoms with Crippen molar-refractivity contribution in [2.75, 3.05) is 20.2 Å². The van der Waals surface area contributed by atoms with E-state index in [4.69, 9.17) is 5.11 Å². The van der Waals surface area contributed by atoms with Gasteiger partial charge in [-0.15, -0.1) is 0 Å². The largest absolute Gasteiger partial charge is 0.396 e. The summed E-state index contributed by atoms with van der Waals surface area (Å²) in [5.74, 6) is -0.346. The molecule has 0 saturated heterocycles. The molecule has 16 heavy (non-hydrogen) atoms. The molecule has 3 amide bonds. The lowest BCUT2D eigenvalue weighted by Crippen LogP contribution is -2.47. The van der Waals surface area contributed by atoms with Gasteiger partial charge in [-0.3, -0.25) is 10.1 Å². The maximum atomic E-state index is 11.4.